The SMILES string of the molecule is CN(C(=O)C1(c2ccccc2)CCNCC1)C1CCC1. The number of carbonyl (C=O) groups excluding carboxylic acids is 1. The molecule has 0 aromatic heterocycles. The average molecular weight is 272 g/mol. The third kappa shape index (κ3) is 2.24. The van der Waals surface area contributed by atoms with Crippen LogP contribution in [0.15, 0.2) is 30.3 Å². The minimum Gasteiger partial charge on any atom is -0.342 e. The van der Waals surface area contributed by atoms with Crippen LogP contribution >= 0.6 is 0 Å². The summed E-state index contributed by atoms with van der Waals surface area (Å²) in [5.74, 6) is 0.329. The quantitative estimate of drug-likeness (QED) is 0.916. The Kier molecular flexibility index (Phi) is 3.79. The molecule has 1 saturated heterocycles. The van der Waals surface area contributed by atoms with Gasteiger partial charge in [-0.1, -0.05) is 30.3 Å². The van der Waals surface area contributed by atoms with Gasteiger partial charge in [-0.3, -0.25) is 4.79 Å². The van der Waals surface area contributed by atoms with E-state index in [2.05, 4.69) is 29.6 Å². The molecule has 0 bridgehead atoms. The summed E-state index contributed by atoms with van der Waals surface area (Å²) in [6.45, 7) is 1.86. The largest absolute Gasteiger partial charge is 0.342 e. The molecule has 0 radical (unpaired) electrons. The summed E-state index contributed by atoms with van der Waals surface area (Å²) in [5.41, 5.74) is 0.884. The van der Waals surface area contributed by atoms with Crippen molar-refractivity contribution in [1.82, 2.24) is 10.2 Å². The second kappa shape index (κ2) is 5.57. The molecule has 2 fully saturated rings. The lowest BCUT2D eigenvalue weighted by Crippen LogP contribution is -2.54. The van der Waals surface area contributed by atoms with Crippen molar-refractivity contribution in [2.75, 3.05) is 20.1 Å². The Bertz CT molecular complexity index is 461. The molecule has 0 unspecified atom stereocenters. The molecular weight excluding hydrogens is 248 g/mol. The fourth-order valence-electron chi connectivity index (χ4n) is 3.51. The summed E-state index contributed by atoms with van der Waals surface area (Å²) in [5, 5.41) is 3.39. The van der Waals surface area contributed by atoms with Crippen LogP contribution in [-0.2, 0) is 10.2 Å². The van der Waals surface area contributed by atoms with Crippen LogP contribution < -0.4 is 5.32 Å². The molecule has 3 heteroatoms. The van der Waals surface area contributed by atoms with Gasteiger partial charge in [-0.05, 0) is 50.8 Å². The van der Waals surface area contributed by atoms with Crippen molar-refractivity contribution in [3.63, 3.8) is 0 Å². The van der Waals surface area contributed by atoms with E-state index in [9.17, 15) is 4.79 Å². The van der Waals surface area contributed by atoms with Crippen molar-refractivity contribution < 1.29 is 4.79 Å². The van der Waals surface area contributed by atoms with E-state index in [1.54, 1.807) is 0 Å². The summed E-state index contributed by atoms with van der Waals surface area (Å²) in [6, 6.07) is 10.8. The fraction of sp³-hybridized carbons (Fsp3) is 0.588. The van der Waals surface area contributed by atoms with Crippen LogP contribution in [0.4, 0.5) is 0 Å². The molecule has 1 aliphatic carbocycles. The van der Waals surface area contributed by atoms with Crippen LogP contribution in [0.5, 0.6) is 0 Å². The summed E-state index contributed by atoms with van der Waals surface area (Å²) in [6.07, 6.45) is 5.43. The van der Waals surface area contributed by atoms with E-state index in [1.807, 2.05) is 18.0 Å². The zero-order valence-corrected chi connectivity index (χ0v) is 12.3. The van der Waals surface area contributed by atoms with Crippen LogP contribution in [0.2, 0.25) is 0 Å². The van der Waals surface area contributed by atoms with Gasteiger partial charge in [0, 0.05) is 13.1 Å². The Balaban J connectivity index is 1.91. The lowest BCUT2D eigenvalue weighted by molar-refractivity contribution is -0.141. The molecule has 3 rings (SSSR count). The maximum absolute atomic E-state index is 13.2. The molecule has 3 nitrogen and oxygen atoms in total. The Morgan fingerprint density at radius 1 is 1.20 bits per heavy atom. The van der Waals surface area contributed by atoms with Crippen molar-refractivity contribution >= 4 is 5.91 Å². The lowest BCUT2D eigenvalue weighted by Gasteiger charge is -2.44. The minimum absolute atomic E-state index is 0.309. The number of hydrogen-bond acceptors (Lipinski definition) is 2. The van der Waals surface area contributed by atoms with E-state index in [0.29, 0.717) is 11.9 Å². The van der Waals surface area contributed by atoms with Crippen molar-refractivity contribution in [2.45, 2.75) is 43.6 Å². The zero-order chi connectivity index (χ0) is 14.0. The van der Waals surface area contributed by atoms with E-state index in [4.69, 9.17) is 0 Å². The van der Waals surface area contributed by atoms with Gasteiger partial charge in [-0.15, -0.1) is 0 Å². The van der Waals surface area contributed by atoms with Crippen molar-refractivity contribution in [1.29, 1.82) is 0 Å². The first-order valence-electron chi connectivity index (χ1n) is 7.77. The first-order valence-corrected chi connectivity index (χ1v) is 7.77. The lowest BCUT2D eigenvalue weighted by atomic mass is 9.71. The van der Waals surface area contributed by atoms with Gasteiger partial charge in [0.2, 0.25) is 5.91 Å². The monoisotopic (exact) mass is 272 g/mol. The van der Waals surface area contributed by atoms with Gasteiger partial charge in [0.1, 0.15) is 0 Å². The normalized spacial score (nSPS) is 22.1. The van der Waals surface area contributed by atoms with E-state index in [-0.39, 0.29) is 5.41 Å². The van der Waals surface area contributed by atoms with Crippen LogP contribution in [-0.4, -0.2) is 37.0 Å². The molecule has 1 aromatic carbocycles. The van der Waals surface area contributed by atoms with E-state index >= 15 is 0 Å². The predicted molar refractivity (Wildman–Crippen MR) is 80.6 cm³/mol. The number of benzene rings is 1. The van der Waals surface area contributed by atoms with Gasteiger partial charge >= 0.3 is 0 Å². The molecule has 1 aromatic rings. The van der Waals surface area contributed by atoms with Crippen LogP contribution in [0.1, 0.15) is 37.7 Å². The average Bonchev–Trinajstić information content (AvgIpc) is 2.46. The number of amides is 1. The molecule has 1 heterocycles. The van der Waals surface area contributed by atoms with Gasteiger partial charge in [0.15, 0.2) is 0 Å². The van der Waals surface area contributed by atoms with Gasteiger partial charge in [-0.25, -0.2) is 0 Å². The highest BCUT2D eigenvalue weighted by Gasteiger charge is 2.44. The number of nitrogens with one attached hydrogen (secondary N) is 1. The third-order valence-corrected chi connectivity index (χ3v) is 5.14. The summed E-state index contributed by atoms with van der Waals surface area (Å²) < 4.78 is 0. The third-order valence-electron chi connectivity index (χ3n) is 5.14. The number of piperidine rings is 1. The van der Waals surface area contributed by atoms with Gasteiger partial charge in [0.25, 0.3) is 0 Å². The molecule has 1 N–H and O–H groups in total. The Labute approximate surface area is 121 Å². The van der Waals surface area contributed by atoms with Crippen molar-refractivity contribution in [3.05, 3.63) is 35.9 Å². The number of nitrogens with zero attached hydrogens (tertiary/aromatic N) is 1. The maximum Gasteiger partial charge on any atom is 0.233 e. The second-order valence-electron chi connectivity index (χ2n) is 6.20. The molecule has 0 atom stereocenters. The number of rotatable bonds is 3. The molecule has 2 aliphatic rings. The van der Waals surface area contributed by atoms with Gasteiger partial charge < -0.3 is 10.2 Å². The molecule has 0 spiro atoms. The highest BCUT2D eigenvalue weighted by molar-refractivity contribution is 5.88. The number of carbonyl (C=O) groups is 1. The smallest absolute Gasteiger partial charge is 0.233 e. The number of hydrogen-bond donors (Lipinski definition) is 1. The first kappa shape index (κ1) is 13.6. The maximum atomic E-state index is 13.2. The topological polar surface area (TPSA) is 32.3 Å². The molecule has 108 valence electrons. The summed E-state index contributed by atoms with van der Waals surface area (Å²) in [4.78, 5) is 15.2. The molecule has 20 heavy (non-hydrogen) atoms. The highest BCUT2D eigenvalue weighted by Crippen LogP contribution is 2.37. The predicted octanol–water partition coefficient (Wildman–Crippen LogP) is 2.32. The molecular formula is C17H24N2O. The van der Waals surface area contributed by atoms with E-state index < -0.39 is 0 Å². The van der Waals surface area contributed by atoms with Crippen molar-refractivity contribution in [2.24, 2.45) is 0 Å². The number of likely N-dealkylation sites (N-methyl/N-ethyl adjacent to an activating group) is 1. The molecule has 1 aliphatic heterocycles. The van der Waals surface area contributed by atoms with E-state index in [0.717, 1.165) is 25.9 Å². The molecule has 1 saturated carbocycles. The van der Waals surface area contributed by atoms with Crippen molar-refractivity contribution in [3.8, 4) is 0 Å². The van der Waals surface area contributed by atoms with Crippen LogP contribution in [0.25, 0.3) is 0 Å². The van der Waals surface area contributed by atoms with Crippen LogP contribution in [0, 0.1) is 0 Å². The first-order chi connectivity index (χ1) is 9.74. The second-order valence-corrected chi connectivity index (χ2v) is 6.20. The highest BCUT2D eigenvalue weighted by atomic mass is 16.2. The molecule has 1 amide bonds. The summed E-state index contributed by atoms with van der Waals surface area (Å²) in [7, 11) is 2.00. The Morgan fingerprint density at radius 3 is 2.40 bits per heavy atom. The van der Waals surface area contributed by atoms with Crippen LogP contribution in [0.3, 0.4) is 0 Å². The van der Waals surface area contributed by atoms with E-state index in [1.165, 1.54) is 24.8 Å². The standard InChI is InChI=1S/C17H24N2O/c1-19(15-8-5-9-15)16(20)17(10-12-18-13-11-17)14-6-3-2-4-7-14/h2-4,6-7,15,18H,5,8-13H2,1H3. The minimum atomic E-state index is -0.309. The van der Waals surface area contributed by atoms with Gasteiger partial charge in [0.05, 0.1) is 5.41 Å². The Hall–Kier alpha value is -1.35. The fourth-order valence-corrected chi connectivity index (χ4v) is 3.51. The Morgan fingerprint density at radius 2 is 1.85 bits per heavy atom. The van der Waals surface area contributed by atoms with Gasteiger partial charge in [-0.2, -0.15) is 0 Å². The zero-order valence-electron chi connectivity index (χ0n) is 12.3. The summed E-state index contributed by atoms with van der Waals surface area (Å²) >= 11 is 0.